The lowest BCUT2D eigenvalue weighted by Gasteiger charge is -2.38. The summed E-state index contributed by atoms with van der Waals surface area (Å²) in [4.78, 5) is 0. The Labute approximate surface area is 146 Å². The van der Waals surface area contributed by atoms with Gasteiger partial charge in [0.05, 0.1) is 31.3 Å². The van der Waals surface area contributed by atoms with Crippen LogP contribution < -0.4 is 0 Å². The predicted molar refractivity (Wildman–Crippen MR) is 97.2 cm³/mol. The van der Waals surface area contributed by atoms with E-state index in [1.54, 1.807) is 0 Å². The first-order valence-electron chi connectivity index (χ1n) is 8.50. The molecule has 0 amide bonds. The van der Waals surface area contributed by atoms with Crippen LogP contribution in [0.4, 0.5) is 0 Å². The molecule has 138 valence electrons. The van der Waals surface area contributed by atoms with Gasteiger partial charge >= 0.3 is 0 Å². The van der Waals surface area contributed by atoms with E-state index in [2.05, 4.69) is 47.6 Å². The van der Waals surface area contributed by atoms with E-state index in [1.807, 2.05) is 13.0 Å². The molecule has 0 spiro atoms. The van der Waals surface area contributed by atoms with Crippen molar-refractivity contribution in [3.63, 3.8) is 0 Å². The second-order valence-corrected chi connectivity index (χ2v) is 8.99. The Kier molecular flexibility index (Phi) is 6.26. The van der Waals surface area contributed by atoms with E-state index < -0.39 is 31.3 Å². The molecule has 0 aliphatic carbocycles. The topological polar surface area (TPSA) is 80.9 Å². The Morgan fingerprint density at radius 1 is 0.833 bits per heavy atom. The molecule has 1 unspecified atom stereocenters. The van der Waals surface area contributed by atoms with Crippen molar-refractivity contribution < 1.29 is 20.4 Å². The fourth-order valence-electron chi connectivity index (χ4n) is 2.93. The molecule has 1 atom stereocenters. The highest BCUT2D eigenvalue weighted by Crippen LogP contribution is 2.42. The third kappa shape index (κ3) is 3.99. The molecule has 1 aromatic carbocycles. The first-order chi connectivity index (χ1) is 10.8. The van der Waals surface area contributed by atoms with Gasteiger partial charge in [-0.05, 0) is 40.0 Å². The number of hydrogen-bond donors (Lipinski definition) is 4. The molecule has 1 aromatic rings. The molecule has 0 fully saturated rings. The van der Waals surface area contributed by atoms with Crippen molar-refractivity contribution in [2.75, 3.05) is 19.8 Å². The maximum atomic E-state index is 11.0. The fourth-order valence-corrected chi connectivity index (χ4v) is 2.93. The Balaban J connectivity index is 3.70. The molecule has 0 heterocycles. The maximum absolute atomic E-state index is 11.0. The highest BCUT2D eigenvalue weighted by Gasteiger charge is 2.40. The van der Waals surface area contributed by atoms with Crippen molar-refractivity contribution in [3.05, 3.63) is 34.4 Å². The summed E-state index contributed by atoms with van der Waals surface area (Å²) in [6, 6.07) is 4.15. The molecule has 4 heteroatoms. The van der Waals surface area contributed by atoms with E-state index in [4.69, 9.17) is 0 Å². The predicted octanol–water partition coefficient (Wildman–Crippen LogP) is 2.59. The van der Waals surface area contributed by atoms with E-state index in [0.717, 1.165) is 11.1 Å². The first-order valence-corrected chi connectivity index (χ1v) is 8.50. The Hall–Kier alpha value is -0.940. The monoisotopic (exact) mass is 338 g/mol. The normalized spacial score (nSPS) is 14.8. The Bertz CT molecular complexity index is 552. The van der Waals surface area contributed by atoms with Crippen LogP contribution in [-0.4, -0.2) is 40.2 Å². The molecule has 0 aliphatic rings. The van der Waals surface area contributed by atoms with Crippen molar-refractivity contribution >= 4 is 0 Å². The molecule has 0 aliphatic heterocycles. The van der Waals surface area contributed by atoms with Gasteiger partial charge in [-0.15, -0.1) is 0 Å². The summed E-state index contributed by atoms with van der Waals surface area (Å²) in [5, 5.41) is 40.1. The van der Waals surface area contributed by atoms with Crippen LogP contribution >= 0.6 is 0 Å². The average Bonchev–Trinajstić information content (AvgIpc) is 2.46. The van der Waals surface area contributed by atoms with Gasteiger partial charge in [0.25, 0.3) is 0 Å². The van der Waals surface area contributed by atoms with Gasteiger partial charge in [-0.25, -0.2) is 0 Å². The summed E-state index contributed by atoms with van der Waals surface area (Å²) in [5.74, 6) is 0. The molecule has 0 saturated carbocycles. The maximum Gasteiger partial charge on any atom is 0.0918 e. The van der Waals surface area contributed by atoms with Crippen molar-refractivity contribution in [2.45, 2.75) is 65.4 Å². The highest BCUT2D eigenvalue weighted by atomic mass is 16.3. The van der Waals surface area contributed by atoms with Crippen LogP contribution in [0.15, 0.2) is 12.1 Å². The molecule has 24 heavy (non-hydrogen) atoms. The van der Waals surface area contributed by atoms with Crippen LogP contribution in [0.5, 0.6) is 0 Å². The molecule has 1 rings (SSSR count). The van der Waals surface area contributed by atoms with Crippen LogP contribution in [0.2, 0.25) is 0 Å². The second kappa shape index (κ2) is 7.12. The lowest BCUT2D eigenvalue weighted by Crippen LogP contribution is -2.41. The number of hydrogen-bond acceptors (Lipinski definition) is 4. The fraction of sp³-hybridized carbons (Fsp3) is 0.700. The zero-order valence-electron chi connectivity index (χ0n) is 16.1. The van der Waals surface area contributed by atoms with E-state index in [-0.39, 0.29) is 10.8 Å². The molecular formula is C20H34O4. The van der Waals surface area contributed by atoms with E-state index in [0.29, 0.717) is 5.56 Å². The molecule has 0 aromatic heterocycles. The number of benzene rings is 1. The van der Waals surface area contributed by atoms with Crippen LogP contribution in [-0.2, 0) is 10.8 Å². The smallest absolute Gasteiger partial charge is 0.0918 e. The summed E-state index contributed by atoms with van der Waals surface area (Å²) in [6.45, 7) is 13.1. The zero-order chi connectivity index (χ0) is 18.9. The van der Waals surface area contributed by atoms with E-state index in [9.17, 15) is 20.4 Å². The van der Waals surface area contributed by atoms with Gasteiger partial charge in [-0.2, -0.15) is 0 Å². The quantitative estimate of drug-likeness (QED) is 0.665. The number of aliphatic hydroxyl groups excluding tert-OH is 4. The van der Waals surface area contributed by atoms with Crippen LogP contribution in [0.3, 0.4) is 0 Å². The van der Waals surface area contributed by atoms with Gasteiger partial charge in [-0.3, -0.25) is 0 Å². The Morgan fingerprint density at radius 2 is 1.29 bits per heavy atom. The van der Waals surface area contributed by atoms with Crippen molar-refractivity contribution in [3.8, 4) is 0 Å². The number of aryl methyl sites for hydroxylation is 1. The van der Waals surface area contributed by atoms with Gasteiger partial charge in [0, 0.05) is 0 Å². The van der Waals surface area contributed by atoms with Crippen molar-refractivity contribution in [2.24, 2.45) is 5.41 Å². The molecule has 0 radical (unpaired) electrons. The molecule has 4 N–H and O–H groups in total. The SMILES string of the molecule is Cc1cc(C(C)(C)C)cc(C(C)(C)C)c1C(O)C(CO)(CO)CO. The number of aliphatic hydroxyl groups is 4. The summed E-state index contributed by atoms with van der Waals surface area (Å²) in [6.07, 6.45) is -1.15. The first kappa shape index (κ1) is 21.1. The van der Waals surface area contributed by atoms with Crippen LogP contribution in [0.25, 0.3) is 0 Å². The summed E-state index contributed by atoms with van der Waals surface area (Å²) in [5.41, 5.74) is 2.11. The van der Waals surface area contributed by atoms with E-state index in [1.165, 1.54) is 5.56 Å². The largest absolute Gasteiger partial charge is 0.395 e. The molecular weight excluding hydrogens is 304 g/mol. The van der Waals surface area contributed by atoms with Gasteiger partial charge in [0.15, 0.2) is 0 Å². The Morgan fingerprint density at radius 3 is 1.62 bits per heavy atom. The van der Waals surface area contributed by atoms with Crippen LogP contribution in [0.1, 0.15) is 69.9 Å². The molecule has 4 nitrogen and oxygen atoms in total. The van der Waals surface area contributed by atoms with Crippen molar-refractivity contribution in [1.82, 2.24) is 0 Å². The highest BCUT2D eigenvalue weighted by molar-refractivity contribution is 5.46. The average molecular weight is 338 g/mol. The lowest BCUT2D eigenvalue weighted by atomic mass is 9.71. The van der Waals surface area contributed by atoms with E-state index >= 15 is 0 Å². The molecule has 0 saturated heterocycles. The van der Waals surface area contributed by atoms with Crippen LogP contribution in [0, 0.1) is 12.3 Å². The minimum Gasteiger partial charge on any atom is -0.395 e. The zero-order valence-corrected chi connectivity index (χ0v) is 16.1. The minimum absolute atomic E-state index is 0.0315. The third-order valence-electron chi connectivity index (χ3n) is 4.86. The lowest BCUT2D eigenvalue weighted by molar-refractivity contribution is -0.0859. The van der Waals surface area contributed by atoms with Gasteiger partial charge in [-0.1, -0.05) is 53.7 Å². The molecule has 0 bridgehead atoms. The second-order valence-electron chi connectivity index (χ2n) is 8.99. The van der Waals surface area contributed by atoms with Gasteiger partial charge in [0.1, 0.15) is 0 Å². The van der Waals surface area contributed by atoms with Gasteiger partial charge in [0.2, 0.25) is 0 Å². The summed E-state index contributed by atoms with van der Waals surface area (Å²) < 4.78 is 0. The van der Waals surface area contributed by atoms with Crippen molar-refractivity contribution in [1.29, 1.82) is 0 Å². The summed E-state index contributed by atoms with van der Waals surface area (Å²) >= 11 is 0. The standard InChI is InChI=1S/C20H34O4/c1-13-8-14(18(2,3)4)9-15(19(5,6)7)16(13)17(24)20(10-21,11-22)12-23/h8-9,17,21-24H,10-12H2,1-7H3. The minimum atomic E-state index is -1.37. The van der Waals surface area contributed by atoms with Gasteiger partial charge < -0.3 is 20.4 Å². The summed E-state index contributed by atoms with van der Waals surface area (Å²) in [7, 11) is 0. The number of rotatable bonds is 5. The third-order valence-corrected chi connectivity index (χ3v) is 4.86.